The van der Waals surface area contributed by atoms with Crippen LogP contribution in [-0.2, 0) is 0 Å². The number of aryl methyl sites for hydroxylation is 1. The molecule has 0 aliphatic carbocycles. The molecule has 0 atom stereocenters. The summed E-state index contributed by atoms with van der Waals surface area (Å²) >= 11 is 3.09. The van der Waals surface area contributed by atoms with Gasteiger partial charge >= 0.3 is 0 Å². The number of benzene rings is 2. The zero-order chi connectivity index (χ0) is 21.1. The molecule has 28 heavy (non-hydrogen) atoms. The highest BCUT2D eigenvalue weighted by molar-refractivity contribution is 7.98. The van der Waals surface area contributed by atoms with Gasteiger partial charge in [-0.3, -0.25) is 4.79 Å². The maximum atomic E-state index is 11.4. The number of hydrogen-bond acceptors (Lipinski definition) is 5. The summed E-state index contributed by atoms with van der Waals surface area (Å²) in [5.41, 5.74) is 9.07. The van der Waals surface area contributed by atoms with Gasteiger partial charge in [0.05, 0.1) is 10.4 Å². The number of aldehydes is 1. The number of nitrogens with zero attached hydrogens (tertiary/aromatic N) is 1. The smallest absolute Gasteiger partial charge is 0.160 e. The van der Waals surface area contributed by atoms with Crippen LogP contribution in [0.1, 0.15) is 34.0 Å². The maximum Gasteiger partial charge on any atom is 0.160 e. The van der Waals surface area contributed by atoms with Gasteiger partial charge in [-0.05, 0) is 43.0 Å². The number of carbonyl (C=O) groups excluding carboxylic acids is 1. The third-order valence-corrected chi connectivity index (χ3v) is 5.75. The Morgan fingerprint density at radius 2 is 1.61 bits per heavy atom. The van der Waals surface area contributed by atoms with Gasteiger partial charge in [0.2, 0.25) is 0 Å². The standard InChI is InChI=1S/C20H15NOS2.C2H6.CH5N/c1-13-17(11-21)20(19(12-22)24-13)15-9-7-14(8-10-15)16-5-3-4-6-18(16)23-2;2*1-2/h3-10,12H,1-2H3;1-2H3;2H2,1H3. The van der Waals surface area contributed by atoms with Crippen LogP contribution in [0, 0.1) is 18.3 Å². The molecule has 0 spiro atoms. The fraction of sp³-hybridized carbons (Fsp3) is 0.217. The van der Waals surface area contributed by atoms with Gasteiger partial charge in [-0.1, -0.05) is 56.3 Å². The summed E-state index contributed by atoms with van der Waals surface area (Å²) in [6.45, 7) is 5.88. The van der Waals surface area contributed by atoms with Crippen LogP contribution in [0.15, 0.2) is 53.4 Å². The first-order chi connectivity index (χ1) is 13.7. The molecule has 0 saturated heterocycles. The van der Waals surface area contributed by atoms with Gasteiger partial charge in [-0.25, -0.2) is 0 Å². The largest absolute Gasteiger partial charge is 0.333 e. The zero-order valence-corrected chi connectivity index (χ0v) is 18.6. The molecule has 0 unspecified atom stereocenters. The average Bonchev–Trinajstić information content (AvgIpc) is 3.12. The van der Waals surface area contributed by atoms with Gasteiger partial charge in [0.25, 0.3) is 0 Å². The summed E-state index contributed by atoms with van der Waals surface area (Å²) in [6.07, 6.45) is 2.90. The van der Waals surface area contributed by atoms with E-state index in [4.69, 9.17) is 0 Å². The normalized spacial score (nSPS) is 9.32. The van der Waals surface area contributed by atoms with Crippen LogP contribution in [0.4, 0.5) is 0 Å². The molecule has 0 radical (unpaired) electrons. The highest BCUT2D eigenvalue weighted by atomic mass is 32.2. The average molecular weight is 411 g/mol. The molecule has 3 aromatic rings. The predicted molar refractivity (Wildman–Crippen MR) is 123 cm³/mol. The lowest BCUT2D eigenvalue weighted by Gasteiger charge is -2.09. The van der Waals surface area contributed by atoms with Crippen molar-refractivity contribution in [2.45, 2.75) is 25.7 Å². The summed E-state index contributed by atoms with van der Waals surface area (Å²) in [4.78, 5) is 14.1. The second kappa shape index (κ2) is 12.1. The van der Waals surface area contributed by atoms with E-state index in [-0.39, 0.29) is 0 Å². The Kier molecular flexibility index (Phi) is 10.3. The van der Waals surface area contributed by atoms with Crippen molar-refractivity contribution < 1.29 is 4.79 Å². The van der Waals surface area contributed by atoms with E-state index in [9.17, 15) is 10.1 Å². The minimum absolute atomic E-state index is 0.597. The summed E-state index contributed by atoms with van der Waals surface area (Å²) in [7, 11) is 1.50. The number of nitrogens with two attached hydrogens (primary N) is 1. The molecule has 3 rings (SSSR count). The van der Waals surface area contributed by atoms with E-state index in [0.717, 1.165) is 27.9 Å². The summed E-state index contributed by atoms with van der Waals surface area (Å²) < 4.78 is 0. The van der Waals surface area contributed by atoms with Crippen molar-refractivity contribution in [2.75, 3.05) is 13.3 Å². The van der Waals surface area contributed by atoms with E-state index in [1.54, 1.807) is 11.8 Å². The molecule has 146 valence electrons. The minimum Gasteiger partial charge on any atom is -0.333 e. The van der Waals surface area contributed by atoms with Crippen LogP contribution in [-0.4, -0.2) is 19.6 Å². The van der Waals surface area contributed by atoms with E-state index in [2.05, 4.69) is 30.2 Å². The quantitative estimate of drug-likeness (QED) is 0.399. The lowest BCUT2D eigenvalue weighted by Crippen LogP contribution is -1.87. The summed E-state index contributed by atoms with van der Waals surface area (Å²) in [6, 6.07) is 18.6. The van der Waals surface area contributed by atoms with E-state index >= 15 is 0 Å². The van der Waals surface area contributed by atoms with Crippen molar-refractivity contribution >= 4 is 29.4 Å². The fourth-order valence-corrected chi connectivity index (χ4v) is 4.34. The van der Waals surface area contributed by atoms with E-state index < -0.39 is 0 Å². The topological polar surface area (TPSA) is 66.9 Å². The molecule has 0 bridgehead atoms. The van der Waals surface area contributed by atoms with Gasteiger partial charge in [-0.2, -0.15) is 5.26 Å². The first-order valence-electron chi connectivity index (χ1n) is 8.99. The van der Waals surface area contributed by atoms with E-state index in [1.807, 2.05) is 57.2 Å². The van der Waals surface area contributed by atoms with Crippen LogP contribution in [0.25, 0.3) is 22.3 Å². The first-order valence-corrected chi connectivity index (χ1v) is 11.0. The molecule has 1 aromatic heterocycles. The molecule has 1 heterocycles. The number of nitriles is 1. The zero-order valence-electron chi connectivity index (χ0n) is 16.9. The van der Waals surface area contributed by atoms with Crippen LogP contribution in [0.5, 0.6) is 0 Å². The van der Waals surface area contributed by atoms with Gasteiger partial charge < -0.3 is 5.73 Å². The summed E-state index contributed by atoms with van der Waals surface area (Å²) in [5.74, 6) is 0. The Morgan fingerprint density at radius 1 is 1.04 bits per heavy atom. The Labute approximate surface area is 176 Å². The van der Waals surface area contributed by atoms with Crippen molar-refractivity contribution in [3.63, 3.8) is 0 Å². The van der Waals surface area contributed by atoms with Crippen molar-refractivity contribution in [1.29, 1.82) is 5.26 Å². The fourth-order valence-electron chi connectivity index (χ4n) is 2.77. The second-order valence-corrected chi connectivity index (χ2v) is 7.38. The Bertz CT molecular complexity index is 938. The van der Waals surface area contributed by atoms with Crippen molar-refractivity contribution in [2.24, 2.45) is 5.73 Å². The molecular formula is C23H26N2OS2. The monoisotopic (exact) mass is 410 g/mol. The second-order valence-electron chi connectivity index (χ2n) is 5.28. The van der Waals surface area contributed by atoms with Crippen molar-refractivity contribution in [3.05, 3.63) is 63.8 Å². The Balaban J connectivity index is 0.000000921. The van der Waals surface area contributed by atoms with Crippen LogP contribution >= 0.6 is 23.1 Å². The van der Waals surface area contributed by atoms with Crippen molar-refractivity contribution in [3.8, 4) is 28.3 Å². The molecule has 2 aromatic carbocycles. The number of rotatable bonds is 4. The molecule has 2 N–H and O–H groups in total. The number of thiophene rings is 1. The number of hydrogen-bond donors (Lipinski definition) is 1. The van der Waals surface area contributed by atoms with E-state index in [0.29, 0.717) is 10.4 Å². The Hall–Kier alpha value is -2.39. The molecule has 3 nitrogen and oxygen atoms in total. The molecule has 5 heteroatoms. The van der Waals surface area contributed by atoms with Gasteiger partial charge in [0.1, 0.15) is 6.07 Å². The maximum absolute atomic E-state index is 11.4. The SMILES string of the molecule is CC.CN.CSc1ccccc1-c1ccc(-c2c(C=O)sc(C)c2C#N)cc1. The van der Waals surface area contributed by atoms with E-state index in [1.165, 1.54) is 28.8 Å². The van der Waals surface area contributed by atoms with Gasteiger partial charge in [0.15, 0.2) is 6.29 Å². The first kappa shape index (κ1) is 23.6. The molecule has 0 fully saturated rings. The van der Waals surface area contributed by atoms with Gasteiger partial charge in [0, 0.05) is 15.3 Å². The number of carbonyl (C=O) groups is 1. The lowest BCUT2D eigenvalue weighted by molar-refractivity contribution is 0.112. The molecule has 0 aliphatic heterocycles. The summed E-state index contributed by atoms with van der Waals surface area (Å²) in [5, 5.41) is 9.41. The van der Waals surface area contributed by atoms with Gasteiger partial charge in [-0.15, -0.1) is 23.1 Å². The van der Waals surface area contributed by atoms with Crippen LogP contribution in [0.2, 0.25) is 0 Å². The third-order valence-electron chi connectivity index (χ3n) is 3.92. The van der Waals surface area contributed by atoms with Crippen LogP contribution < -0.4 is 5.73 Å². The highest BCUT2D eigenvalue weighted by Gasteiger charge is 2.17. The van der Waals surface area contributed by atoms with Crippen LogP contribution in [0.3, 0.4) is 0 Å². The van der Waals surface area contributed by atoms with Crippen molar-refractivity contribution in [1.82, 2.24) is 0 Å². The predicted octanol–water partition coefficient (Wildman–Crippen LogP) is 6.40. The Morgan fingerprint density at radius 3 is 2.14 bits per heavy atom. The molecule has 0 amide bonds. The molecule has 0 saturated carbocycles. The number of thioether (sulfide) groups is 1. The molecule has 0 aliphatic rings. The highest BCUT2D eigenvalue weighted by Crippen LogP contribution is 2.37. The minimum atomic E-state index is 0.597. The third kappa shape index (κ3) is 5.11. The molecular weight excluding hydrogens is 384 g/mol. The lowest BCUT2D eigenvalue weighted by atomic mass is 9.98.